The largest absolute Gasteiger partial charge is 0.484 e. The molecular weight excluding hydrogens is 388 g/mol. The molecule has 2 aromatic carbocycles. The molecule has 0 heterocycles. The van der Waals surface area contributed by atoms with Crippen molar-refractivity contribution in [2.75, 3.05) is 6.61 Å². The molecule has 0 saturated heterocycles. The molecule has 2 rings (SSSR count). The van der Waals surface area contributed by atoms with Gasteiger partial charge in [0.1, 0.15) is 5.75 Å². The molecule has 0 bridgehead atoms. The Morgan fingerprint density at radius 2 is 1.55 bits per heavy atom. The smallest absolute Gasteiger partial charge is 0.276 e. The van der Waals surface area contributed by atoms with E-state index in [1.54, 1.807) is 24.3 Å². The van der Waals surface area contributed by atoms with E-state index >= 15 is 0 Å². The molecule has 0 aromatic heterocycles. The standard InChI is InChI=1S/C23H29ClN2O3/c1-22(2,3)15-23(4,5)16-10-12-17(13-11-16)29-14-20(27)25-26-21(28)18-8-6-7-9-19(18)24/h6-13H,14-15H2,1-5H3,(H,25,27)(H,26,28). The van der Waals surface area contributed by atoms with E-state index in [2.05, 4.69) is 45.5 Å². The zero-order valence-electron chi connectivity index (χ0n) is 17.6. The molecule has 2 aromatic rings. The lowest BCUT2D eigenvalue weighted by atomic mass is 9.72. The van der Waals surface area contributed by atoms with Crippen molar-refractivity contribution >= 4 is 23.4 Å². The van der Waals surface area contributed by atoms with Crippen molar-refractivity contribution in [3.05, 3.63) is 64.7 Å². The van der Waals surface area contributed by atoms with E-state index in [0.29, 0.717) is 10.8 Å². The molecule has 5 nitrogen and oxygen atoms in total. The van der Waals surface area contributed by atoms with Crippen LogP contribution in [0, 0.1) is 5.41 Å². The molecule has 2 N–H and O–H groups in total. The van der Waals surface area contributed by atoms with Gasteiger partial charge in [0.05, 0.1) is 10.6 Å². The van der Waals surface area contributed by atoms with Gasteiger partial charge in [-0.15, -0.1) is 0 Å². The molecule has 29 heavy (non-hydrogen) atoms. The highest BCUT2D eigenvalue weighted by atomic mass is 35.5. The highest BCUT2D eigenvalue weighted by molar-refractivity contribution is 6.33. The molecule has 0 aliphatic heterocycles. The summed E-state index contributed by atoms with van der Waals surface area (Å²) in [5, 5.41) is 0.310. The fourth-order valence-electron chi connectivity index (χ4n) is 3.45. The summed E-state index contributed by atoms with van der Waals surface area (Å²) in [4.78, 5) is 24.0. The monoisotopic (exact) mass is 416 g/mol. The van der Waals surface area contributed by atoms with Crippen LogP contribution in [0.4, 0.5) is 0 Å². The van der Waals surface area contributed by atoms with Crippen LogP contribution in [-0.2, 0) is 10.2 Å². The Bertz CT molecular complexity index is 855. The minimum Gasteiger partial charge on any atom is -0.484 e. The van der Waals surface area contributed by atoms with Crippen LogP contribution in [0.3, 0.4) is 0 Å². The predicted molar refractivity (Wildman–Crippen MR) is 116 cm³/mol. The summed E-state index contributed by atoms with van der Waals surface area (Å²) in [6.07, 6.45) is 1.05. The number of halogens is 1. The Kier molecular flexibility index (Phi) is 7.31. The van der Waals surface area contributed by atoms with Crippen molar-refractivity contribution in [2.45, 2.75) is 46.5 Å². The maximum absolute atomic E-state index is 12.0. The van der Waals surface area contributed by atoms with Crippen LogP contribution < -0.4 is 15.6 Å². The summed E-state index contributed by atoms with van der Waals surface area (Å²) in [7, 11) is 0. The van der Waals surface area contributed by atoms with E-state index in [1.165, 1.54) is 5.56 Å². The van der Waals surface area contributed by atoms with Crippen LogP contribution in [0.25, 0.3) is 0 Å². The first-order valence-corrected chi connectivity index (χ1v) is 9.93. The van der Waals surface area contributed by atoms with Crippen LogP contribution in [-0.4, -0.2) is 18.4 Å². The lowest BCUT2D eigenvalue weighted by Crippen LogP contribution is -2.43. The van der Waals surface area contributed by atoms with Gasteiger partial charge < -0.3 is 4.74 Å². The molecule has 0 atom stereocenters. The first-order valence-electron chi connectivity index (χ1n) is 9.55. The minimum atomic E-state index is -0.491. The Labute approximate surface area is 177 Å². The average Bonchev–Trinajstić information content (AvgIpc) is 2.63. The fourth-order valence-corrected chi connectivity index (χ4v) is 3.68. The summed E-state index contributed by atoms with van der Waals surface area (Å²) in [5.41, 5.74) is 6.41. The molecule has 0 saturated carbocycles. The van der Waals surface area contributed by atoms with Crippen LogP contribution in [0.5, 0.6) is 5.75 Å². The quantitative estimate of drug-likeness (QED) is 0.658. The molecule has 6 heteroatoms. The van der Waals surface area contributed by atoms with Gasteiger partial charge in [0.2, 0.25) is 0 Å². The van der Waals surface area contributed by atoms with Gasteiger partial charge in [0.15, 0.2) is 6.61 Å². The van der Waals surface area contributed by atoms with Crippen molar-refractivity contribution < 1.29 is 14.3 Å². The Morgan fingerprint density at radius 1 is 0.931 bits per heavy atom. The van der Waals surface area contributed by atoms with Crippen molar-refractivity contribution in [3.8, 4) is 5.75 Å². The number of hydrogen-bond donors (Lipinski definition) is 2. The van der Waals surface area contributed by atoms with Crippen LogP contribution in [0.15, 0.2) is 48.5 Å². The van der Waals surface area contributed by atoms with Crippen LogP contribution >= 0.6 is 11.6 Å². The second kappa shape index (κ2) is 9.31. The van der Waals surface area contributed by atoms with Crippen molar-refractivity contribution in [2.24, 2.45) is 5.41 Å². The number of carbonyl (C=O) groups is 2. The molecule has 0 aliphatic rings. The number of rotatable bonds is 6. The molecule has 0 unspecified atom stereocenters. The summed E-state index contributed by atoms with van der Waals surface area (Å²) in [6, 6.07) is 14.4. The third-order valence-electron chi connectivity index (χ3n) is 4.41. The summed E-state index contributed by atoms with van der Waals surface area (Å²) >= 11 is 5.96. The summed E-state index contributed by atoms with van der Waals surface area (Å²) in [6.45, 7) is 10.9. The molecule has 2 amide bonds. The minimum absolute atomic E-state index is 0.0388. The number of hydrazine groups is 1. The molecule has 156 valence electrons. The van der Waals surface area contributed by atoms with E-state index in [4.69, 9.17) is 16.3 Å². The number of ether oxygens (including phenoxy) is 1. The highest BCUT2D eigenvalue weighted by Crippen LogP contribution is 2.36. The second-order valence-electron chi connectivity index (χ2n) is 8.92. The number of nitrogens with one attached hydrogen (secondary N) is 2. The molecule has 0 fully saturated rings. The second-order valence-corrected chi connectivity index (χ2v) is 9.32. The van der Waals surface area contributed by atoms with Crippen LogP contribution in [0.1, 0.15) is 57.0 Å². The average molecular weight is 417 g/mol. The van der Waals surface area contributed by atoms with Gasteiger partial charge in [-0.05, 0) is 47.1 Å². The summed E-state index contributed by atoms with van der Waals surface area (Å²) in [5.74, 6) is -0.371. The number of hydrogen-bond acceptors (Lipinski definition) is 3. The van der Waals surface area contributed by atoms with Gasteiger partial charge in [-0.3, -0.25) is 20.4 Å². The summed E-state index contributed by atoms with van der Waals surface area (Å²) < 4.78 is 5.51. The molecule has 0 aliphatic carbocycles. The van der Waals surface area contributed by atoms with Gasteiger partial charge in [-0.25, -0.2) is 0 Å². The molecule has 0 spiro atoms. The number of amides is 2. The normalized spacial score (nSPS) is 11.7. The SMILES string of the molecule is CC(C)(C)CC(C)(C)c1ccc(OCC(=O)NNC(=O)c2ccccc2Cl)cc1. The van der Waals surface area contributed by atoms with Crippen molar-refractivity contribution in [1.82, 2.24) is 10.9 Å². The molecule has 0 radical (unpaired) electrons. The van der Waals surface area contributed by atoms with Gasteiger partial charge in [0, 0.05) is 0 Å². The third kappa shape index (κ3) is 7.09. The maximum atomic E-state index is 12.0. The maximum Gasteiger partial charge on any atom is 0.276 e. The van der Waals surface area contributed by atoms with Crippen LogP contribution in [0.2, 0.25) is 5.02 Å². The van der Waals surface area contributed by atoms with Gasteiger partial charge >= 0.3 is 0 Å². The Hall–Kier alpha value is -2.53. The lowest BCUT2D eigenvalue weighted by molar-refractivity contribution is -0.123. The van der Waals surface area contributed by atoms with Crippen molar-refractivity contribution in [3.63, 3.8) is 0 Å². The van der Waals surface area contributed by atoms with Crippen molar-refractivity contribution in [1.29, 1.82) is 0 Å². The van der Waals surface area contributed by atoms with Gasteiger partial charge in [-0.2, -0.15) is 0 Å². The number of benzene rings is 2. The topological polar surface area (TPSA) is 67.4 Å². The Morgan fingerprint density at radius 3 is 2.14 bits per heavy atom. The lowest BCUT2D eigenvalue weighted by Gasteiger charge is -2.33. The first kappa shape index (κ1) is 22.8. The van der Waals surface area contributed by atoms with E-state index < -0.39 is 11.8 Å². The van der Waals surface area contributed by atoms with E-state index in [1.807, 2.05) is 24.3 Å². The fraction of sp³-hybridized carbons (Fsp3) is 0.391. The van der Waals surface area contributed by atoms with Gasteiger partial charge in [-0.1, -0.05) is 70.5 Å². The zero-order chi connectivity index (χ0) is 21.7. The van der Waals surface area contributed by atoms with E-state index in [-0.39, 0.29) is 23.0 Å². The highest BCUT2D eigenvalue weighted by Gasteiger charge is 2.27. The number of carbonyl (C=O) groups excluding carboxylic acids is 2. The first-order chi connectivity index (χ1) is 13.5. The predicted octanol–water partition coefficient (Wildman–Crippen LogP) is 4.89. The molecular formula is C23H29ClN2O3. The zero-order valence-corrected chi connectivity index (χ0v) is 18.4. The van der Waals surface area contributed by atoms with E-state index in [0.717, 1.165) is 6.42 Å². The Balaban J connectivity index is 1.84. The third-order valence-corrected chi connectivity index (χ3v) is 4.74. The van der Waals surface area contributed by atoms with Gasteiger partial charge in [0.25, 0.3) is 11.8 Å². The van der Waals surface area contributed by atoms with E-state index in [9.17, 15) is 9.59 Å².